The van der Waals surface area contributed by atoms with Crippen LogP contribution in [0.4, 0.5) is 13.2 Å². The minimum absolute atomic E-state index is 0.00572. The summed E-state index contributed by atoms with van der Waals surface area (Å²) < 4.78 is 40.9. The smallest absolute Gasteiger partial charge is 0.349 e. The number of nitrogens with two attached hydrogens (primary N) is 1. The number of amides is 1. The van der Waals surface area contributed by atoms with Crippen LogP contribution in [0.3, 0.4) is 0 Å². The van der Waals surface area contributed by atoms with Gasteiger partial charge in [0, 0.05) is 18.3 Å². The molecule has 0 bridgehead atoms. The molecule has 31 heavy (non-hydrogen) atoms. The van der Waals surface area contributed by atoms with Gasteiger partial charge in [0.1, 0.15) is 5.65 Å². The van der Waals surface area contributed by atoms with E-state index >= 15 is 0 Å². The number of hydrogen-bond acceptors (Lipinski definition) is 3. The number of benzene rings is 1. The standard InChI is InChI=1S/C22H22ClF3N4O/c23-17-9-6-14(22(24,25)26)11-16(17)21(31)29-15-7-4-13(5-8-15)20(27)18-12-28-19-3-1-2-10-30(18)19/h1-3,6,9-13,15,20H,4-5,7-8,27H2,(H,29,31). The van der Waals surface area contributed by atoms with E-state index in [2.05, 4.69) is 10.3 Å². The van der Waals surface area contributed by atoms with Crippen molar-refractivity contribution in [2.24, 2.45) is 11.7 Å². The zero-order valence-electron chi connectivity index (χ0n) is 16.6. The molecule has 1 amide bonds. The number of alkyl halides is 3. The SMILES string of the molecule is NC(c1cnc2ccccn12)C1CCC(NC(=O)c2cc(C(F)(F)F)ccc2Cl)CC1. The van der Waals surface area contributed by atoms with Crippen molar-refractivity contribution >= 4 is 23.2 Å². The average molecular weight is 451 g/mol. The topological polar surface area (TPSA) is 72.4 Å². The Hall–Kier alpha value is -2.58. The van der Waals surface area contributed by atoms with E-state index in [1.54, 1.807) is 6.20 Å². The van der Waals surface area contributed by atoms with Gasteiger partial charge in [-0.15, -0.1) is 0 Å². The Kier molecular flexibility index (Phi) is 5.94. The third-order valence-electron chi connectivity index (χ3n) is 5.94. The highest BCUT2D eigenvalue weighted by Gasteiger charge is 2.33. The monoisotopic (exact) mass is 450 g/mol. The van der Waals surface area contributed by atoms with Crippen LogP contribution in [0.1, 0.15) is 53.3 Å². The Labute approximate surface area is 182 Å². The number of hydrogen-bond donors (Lipinski definition) is 2. The van der Waals surface area contributed by atoms with Gasteiger partial charge in [0.2, 0.25) is 0 Å². The number of imidazole rings is 1. The Bertz CT molecular complexity index is 1090. The van der Waals surface area contributed by atoms with Gasteiger partial charge in [-0.2, -0.15) is 13.2 Å². The maximum atomic E-state index is 13.0. The van der Waals surface area contributed by atoms with Gasteiger partial charge in [0.05, 0.1) is 28.0 Å². The van der Waals surface area contributed by atoms with E-state index in [4.69, 9.17) is 17.3 Å². The Morgan fingerprint density at radius 3 is 2.65 bits per heavy atom. The molecular weight excluding hydrogens is 429 g/mol. The molecule has 1 aromatic carbocycles. The predicted octanol–water partition coefficient (Wildman–Crippen LogP) is 5.00. The quantitative estimate of drug-likeness (QED) is 0.587. The van der Waals surface area contributed by atoms with Gasteiger partial charge >= 0.3 is 6.18 Å². The summed E-state index contributed by atoms with van der Waals surface area (Å²) in [6.45, 7) is 0. The fourth-order valence-electron chi connectivity index (χ4n) is 4.20. The average Bonchev–Trinajstić information content (AvgIpc) is 3.17. The summed E-state index contributed by atoms with van der Waals surface area (Å²) in [5.41, 5.74) is 7.24. The number of rotatable bonds is 4. The molecule has 3 aromatic rings. The minimum Gasteiger partial charge on any atom is -0.349 e. The molecule has 0 aliphatic heterocycles. The number of pyridine rings is 1. The van der Waals surface area contributed by atoms with E-state index in [1.165, 1.54) is 0 Å². The highest BCUT2D eigenvalue weighted by atomic mass is 35.5. The van der Waals surface area contributed by atoms with Gasteiger partial charge in [-0.3, -0.25) is 4.79 Å². The zero-order chi connectivity index (χ0) is 22.2. The molecule has 0 saturated heterocycles. The second-order valence-electron chi connectivity index (χ2n) is 7.92. The molecule has 5 nitrogen and oxygen atoms in total. The van der Waals surface area contributed by atoms with E-state index in [1.807, 2.05) is 28.8 Å². The molecule has 1 fully saturated rings. The van der Waals surface area contributed by atoms with Crippen molar-refractivity contribution in [2.75, 3.05) is 0 Å². The van der Waals surface area contributed by atoms with Crippen LogP contribution in [0.25, 0.3) is 5.65 Å². The molecule has 1 atom stereocenters. The van der Waals surface area contributed by atoms with Crippen LogP contribution in [-0.2, 0) is 6.18 Å². The van der Waals surface area contributed by atoms with Gasteiger partial charge < -0.3 is 15.5 Å². The molecule has 0 radical (unpaired) electrons. The highest BCUT2D eigenvalue weighted by Crippen LogP contribution is 2.34. The second kappa shape index (κ2) is 8.51. The van der Waals surface area contributed by atoms with Gasteiger partial charge in [0.25, 0.3) is 5.91 Å². The van der Waals surface area contributed by atoms with Crippen molar-refractivity contribution in [3.63, 3.8) is 0 Å². The molecule has 4 rings (SSSR count). The molecule has 9 heteroatoms. The van der Waals surface area contributed by atoms with Gasteiger partial charge in [-0.05, 0) is 61.9 Å². The molecule has 1 saturated carbocycles. The number of carbonyl (C=O) groups excluding carboxylic acids is 1. The summed E-state index contributed by atoms with van der Waals surface area (Å²) in [5, 5.41) is 2.82. The van der Waals surface area contributed by atoms with E-state index < -0.39 is 17.6 Å². The summed E-state index contributed by atoms with van der Waals surface area (Å²) in [4.78, 5) is 17.0. The maximum Gasteiger partial charge on any atom is 0.416 e. The first-order chi connectivity index (χ1) is 14.7. The number of nitrogens with one attached hydrogen (secondary N) is 1. The fourth-order valence-corrected chi connectivity index (χ4v) is 4.41. The molecular formula is C22H22ClF3N4O. The van der Waals surface area contributed by atoms with Crippen LogP contribution >= 0.6 is 11.6 Å². The van der Waals surface area contributed by atoms with Crippen LogP contribution in [0.15, 0.2) is 48.8 Å². The zero-order valence-corrected chi connectivity index (χ0v) is 17.3. The first kappa shape index (κ1) is 21.6. The highest BCUT2D eigenvalue weighted by molar-refractivity contribution is 6.33. The lowest BCUT2D eigenvalue weighted by Gasteiger charge is -2.32. The van der Waals surface area contributed by atoms with Crippen LogP contribution in [0.2, 0.25) is 5.02 Å². The fraction of sp³-hybridized carbons (Fsp3) is 0.364. The van der Waals surface area contributed by atoms with Crippen molar-refractivity contribution in [1.29, 1.82) is 0 Å². The normalized spacial score (nSPS) is 20.5. The lowest BCUT2D eigenvalue weighted by molar-refractivity contribution is -0.137. The molecule has 1 aliphatic carbocycles. The van der Waals surface area contributed by atoms with Crippen LogP contribution in [0.5, 0.6) is 0 Å². The van der Waals surface area contributed by atoms with Crippen LogP contribution in [0, 0.1) is 5.92 Å². The van der Waals surface area contributed by atoms with Crippen molar-refractivity contribution in [3.05, 3.63) is 70.6 Å². The number of aromatic nitrogens is 2. The lowest BCUT2D eigenvalue weighted by Crippen LogP contribution is -2.39. The lowest BCUT2D eigenvalue weighted by atomic mass is 9.81. The third-order valence-corrected chi connectivity index (χ3v) is 6.27. The first-order valence-corrected chi connectivity index (χ1v) is 10.5. The number of fused-ring (bicyclic) bond motifs is 1. The molecule has 1 unspecified atom stereocenters. The van der Waals surface area contributed by atoms with E-state index in [9.17, 15) is 18.0 Å². The molecule has 2 aromatic heterocycles. The Morgan fingerprint density at radius 2 is 1.94 bits per heavy atom. The summed E-state index contributed by atoms with van der Waals surface area (Å²) >= 11 is 5.98. The van der Waals surface area contributed by atoms with Gasteiger partial charge in [0.15, 0.2) is 0 Å². The van der Waals surface area contributed by atoms with E-state index in [-0.39, 0.29) is 28.6 Å². The Balaban J connectivity index is 1.39. The van der Waals surface area contributed by atoms with E-state index in [0.717, 1.165) is 42.4 Å². The summed E-state index contributed by atoms with van der Waals surface area (Å²) in [7, 11) is 0. The van der Waals surface area contributed by atoms with E-state index in [0.29, 0.717) is 12.8 Å². The van der Waals surface area contributed by atoms with Crippen molar-refractivity contribution in [3.8, 4) is 0 Å². The van der Waals surface area contributed by atoms with Crippen LogP contribution < -0.4 is 11.1 Å². The van der Waals surface area contributed by atoms with Crippen molar-refractivity contribution < 1.29 is 18.0 Å². The summed E-state index contributed by atoms with van der Waals surface area (Å²) in [6, 6.07) is 8.21. The summed E-state index contributed by atoms with van der Waals surface area (Å²) in [6.07, 6.45) is 2.16. The van der Waals surface area contributed by atoms with Crippen LogP contribution in [-0.4, -0.2) is 21.3 Å². The number of carbonyl (C=O) groups is 1. The molecule has 0 spiro atoms. The van der Waals surface area contributed by atoms with Crippen molar-refractivity contribution in [1.82, 2.24) is 14.7 Å². The third kappa shape index (κ3) is 4.55. The van der Waals surface area contributed by atoms with Gasteiger partial charge in [-0.1, -0.05) is 17.7 Å². The van der Waals surface area contributed by atoms with Crippen molar-refractivity contribution in [2.45, 2.75) is 43.9 Å². The number of halogens is 4. The molecule has 2 heterocycles. The van der Waals surface area contributed by atoms with Gasteiger partial charge in [-0.25, -0.2) is 4.98 Å². The number of nitrogens with zero attached hydrogens (tertiary/aromatic N) is 2. The maximum absolute atomic E-state index is 13.0. The minimum atomic E-state index is -4.54. The first-order valence-electron chi connectivity index (χ1n) is 10.1. The predicted molar refractivity (Wildman–Crippen MR) is 112 cm³/mol. The molecule has 164 valence electrons. The second-order valence-corrected chi connectivity index (χ2v) is 8.32. The largest absolute Gasteiger partial charge is 0.416 e. The molecule has 3 N–H and O–H groups in total. The summed E-state index contributed by atoms with van der Waals surface area (Å²) in [5.74, 6) is -0.365. The molecule has 1 aliphatic rings. The Morgan fingerprint density at radius 1 is 1.19 bits per heavy atom.